The van der Waals surface area contributed by atoms with Crippen molar-refractivity contribution in [2.75, 3.05) is 13.1 Å². The van der Waals surface area contributed by atoms with Crippen molar-refractivity contribution in [2.24, 2.45) is 0 Å². The van der Waals surface area contributed by atoms with Crippen LogP contribution in [0.5, 0.6) is 0 Å². The van der Waals surface area contributed by atoms with Crippen molar-refractivity contribution < 1.29 is 14.4 Å². The van der Waals surface area contributed by atoms with E-state index in [9.17, 15) is 14.4 Å². The van der Waals surface area contributed by atoms with Crippen molar-refractivity contribution in [2.45, 2.75) is 12.8 Å². The summed E-state index contributed by atoms with van der Waals surface area (Å²) in [5.74, 6) is -0.537. The number of carbonyl (C=O) groups excluding carboxylic acids is 3. The molecule has 1 unspecified atom stereocenters. The van der Waals surface area contributed by atoms with Gasteiger partial charge in [0.1, 0.15) is 5.82 Å². The molecule has 34 heavy (non-hydrogen) atoms. The number of benzene rings is 3. The fourth-order valence-electron chi connectivity index (χ4n) is 5.23. The molecule has 2 aliphatic heterocycles. The Balaban J connectivity index is 1.64. The number of carbonyl (C=O) groups is 3. The van der Waals surface area contributed by atoms with E-state index in [0.29, 0.717) is 52.4 Å². The van der Waals surface area contributed by atoms with E-state index in [1.807, 2.05) is 54.3 Å². The molecule has 1 fully saturated rings. The second-order valence-electron chi connectivity index (χ2n) is 8.85. The molecule has 1 saturated heterocycles. The summed E-state index contributed by atoms with van der Waals surface area (Å²) in [7, 11) is 0. The molecule has 3 aromatic rings. The van der Waals surface area contributed by atoms with Gasteiger partial charge in [-0.05, 0) is 12.5 Å². The van der Waals surface area contributed by atoms with Crippen LogP contribution in [0.25, 0.3) is 0 Å². The summed E-state index contributed by atoms with van der Waals surface area (Å²) in [6.07, 6.45) is 0. The maximum Gasteiger partial charge on any atom is 0.210 e. The molecular formula is C29H22N2O3. The SMILES string of the molecule is Cc1ccc(C2C(C(=O)c3ccccc3)=C3NCCN3C3=C2C(=O)c2ccccc2C3=O)cc1. The Morgan fingerprint density at radius 2 is 1.50 bits per heavy atom. The van der Waals surface area contributed by atoms with Crippen LogP contribution in [0, 0.1) is 6.92 Å². The molecule has 5 heteroatoms. The van der Waals surface area contributed by atoms with E-state index in [0.717, 1.165) is 11.1 Å². The van der Waals surface area contributed by atoms with Crippen LogP contribution in [0.1, 0.15) is 48.1 Å². The number of allylic oxidation sites excluding steroid dienone is 3. The van der Waals surface area contributed by atoms with E-state index < -0.39 is 5.92 Å². The molecule has 0 saturated carbocycles. The molecule has 0 spiro atoms. The molecule has 1 aliphatic carbocycles. The van der Waals surface area contributed by atoms with Crippen LogP contribution in [-0.4, -0.2) is 35.3 Å². The summed E-state index contributed by atoms with van der Waals surface area (Å²) in [5, 5.41) is 3.35. The van der Waals surface area contributed by atoms with Crippen LogP contribution in [-0.2, 0) is 0 Å². The van der Waals surface area contributed by atoms with Gasteiger partial charge in [-0.25, -0.2) is 0 Å². The van der Waals surface area contributed by atoms with Crippen molar-refractivity contribution in [3.05, 3.63) is 129 Å². The lowest BCUT2D eigenvalue weighted by Gasteiger charge is -2.38. The number of aryl methyl sites for hydroxylation is 1. The fourth-order valence-corrected chi connectivity index (χ4v) is 5.23. The van der Waals surface area contributed by atoms with Gasteiger partial charge in [0.05, 0.1) is 11.3 Å². The first kappa shape index (κ1) is 20.4. The van der Waals surface area contributed by atoms with Crippen molar-refractivity contribution in [1.29, 1.82) is 0 Å². The molecular weight excluding hydrogens is 424 g/mol. The third-order valence-corrected chi connectivity index (χ3v) is 6.82. The van der Waals surface area contributed by atoms with Gasteiger partial charge in [-0.3, -0.25) is 14.4 Å². The van der Waals surface area contributed by atoms with E-state index in [-0.39, 0.29) is 17.3 Å². The first-order valence-corrected chi connectivity index (χ1v) is 11.4. The lowest BCUT2D eigenvalue weighted by molar-refractivity contribution is 0.0936. The van der Waals surface area contributed by atoms with Gasteiger partial charge in [0.25, 0.3) is 0 Å². The summed E-state index contributed by atoms with van der Waals surface area (Å²) < 4.78 is 0. The normalized spacial score (nSPS) is 19.0. The van der Waals surface area contributed by atoms with Crippen LogP contribution >= 0.6 is 0 Å². The molecule has 0 radical (unpaired) electrons. The summed E-state index contributed by atoms with van der Waals surface area (Å²) in [6.45, 7) is 3.10. The Bertz CT molecular complexity index is 1430. The van der Waals surface area contributed by atoms with Crippen LogP contribution in [0.3, 0.4) is 0 Å². The topological polar surface area (TPSA) is 66.5 Å². The zero-order valence-corrected chi connectivity index (χ0v) is 18.7. The third-order valence-electron chi connectivity index (χ3n) is 6.82. The van der Waals surface area contributed by atoms with Gasteiger partial charge in [0.2, 0.25) is 5.78 Å². The Hall–Kier alpha value is -4.25. The molecule has 5 nitrogen and oxygen atoms in total. The maximum atomic E-state index is 14.0. The fraction of sp³-hybridized carbons (Fsp3) is 0.138. The van der Waals surface area contributed by atoms with E-state index in [1.165, 1.54) is 0 Å². The molecule has 3 aromatic carbocycles. The number of fused-ring (bicyclic) bond motifs is 3. The zero-order valence-electron chi connectivity index (χ0n) is 18.7. The number of nitrogens with one attached hydrogen (secondary N) is 1. The predicted octanol–water partition coefficient (Wildman–Crippen LogP) is 4.43. The van der Waals surface area contributed by atoms with Crippen LogP contribution in [0.4, 0.5) is 0 Å². The molecule has 2 heterocycles. The van der Waals surface area contributed by atoms with Gasteiger partial charge in [0, 0.05) is 41.3 Å². The third kappa shape index (κ3) is 2.90. The highest BCUT2D eigenvalue weighted by Crippen LogP contribution is 2.47. The second kappa shape index (κ2) is 7.66. The molecule has 0 aromatic heterocycles. The van der Waals surface area contributed by atoms with E-state index in [4.69, 9.17) is 0 Å². The molecule has 166 valence electrons. The minimum Gasteiger partial charge on any atom is -0.369 e. The van der Waals surface area contributed by atoms with Crippen molar-refractivity contribution >= 4 is 17.3 Å². The largest absolute Gasteiger partial charge is 0.369 e. The first-order chi connectivity index (χ1) is 16.6. The van der Waals surface area contributed by atoms with Gasteiger partial charge in [-0.1, -0.05) is 84.4 Å². The Labute approximate surface area is 197 Å². The Morgan fingerprint density at radius 3 is 2.21 bits per heavy atom. The minimum atomic E-state index is -0.648. The van der Waals surface area contributed by atoms with Gasteiger partial charge in [-0.15, -0.1) is 0 Å². The van der Waals surface area contributed by atoms with Crippen LogP contribution in [0.15, 0.2) is 102 Å². The lowest BCUT2D eigenvalue weighted by Crippen LogP contribution is -2.40. The van der Waals surface area contributed by atoms with E-state index >= 15 is 0 Å². The monoisotopic (exact) mass is 446 g/mol. The molecule has 0 amide bonds. The first-order valence-electron chi connectivity index (χ1n) is 11.4. The summed E-state index contributed by atoms with van der Waals surface area (Å²) in [6, 6.07) is 23.9. The lowest BCUT2D eigenvalue weighted by atomic mass is 9.72. The highest BCUT2D eigenvalue weighted by molar-refractivity contribution is 6.28. The van der Waals surface area contributed by atoms with Crippen molar-refractivity contribution in [3.63, 3.8) is 0 Å². The number of nitrogens with zero attached hydrogens (tertiary/aromatic N) is 1. The summed E-state index contributed by atoms with van der Waals surface area (Å²) in [4.78, 5) is 43.5. The van der Waals surface area contributed by atoms with Crippen LogP contribution < -0.4 is 5.32 Å². The Kier molecular flexibility index (Phi) is 4.59. The van der Waals surface area contributed by atoms with Crippen LogP contribution in [0.2, 0.25) is 0 Å². The average molecular weight is 447 g/mol. The van der Waals surface area contributed by atoms with Gasteiger partial charge >= 0.3 is 0 Å². The van der Waals surface area contributed by atoms with Crippen molar-refractivity contribution in [3.8, 4) is 0 Å². The molecule has 6 rings (SSSR count). The summed E-state index contributed by atoms with van der Waals surface area (Å²) in [5.41, 5.74) is 4.54. The Morgan fingerprint density at radius 1 is 0.853 bits per heavy atom. The zero-order chi connectivity index (χ0) is 23.4. The molecule has 1 N–H and O–H groups in total. The number of hydrogen-bond acceptors (Lipinski definition) is 5. The van der Waals surface area contributed by atoms with Gasteiger partial charge < -0.3 is 10.2 Å². The minimum absolute atomic E-state index is 0.147. The average Bonchev–Trinajstić information content (AvgIpc) is 3.36. The highest BCUT2D eigenvalue weighted by atomic mass is 16.1. The number of Topliss-reactive ketones (excluding diaryl/α,β-unsaturated/α-hetero) is 3. The number of hydrogen-bond donors (Lipinski definition) is 1. The highest BCUT2D eigenvalue weighted by Gasteiger charge is 2.48. The standard InChI is InChI=1S/C29H22N2O3/c1-17-11-13-18(14-12-17)22-23-25(28(34)21-10-6-5-9-20(21)27(23)33)31-16-15-30-29(31)24(22)26(32)19-7-3-2-4-8-19/h2-14,22,30H,15-16H2,1H3. The second-order valence-corrected chi connectivity index (χ2v) is 8.85. The quantitative estimate of drug-likeness (QED) is 0.603. The van der Waals surface area contributed by atoms with Crippen molar-refractivity contribution in [1.82, 2.24) is 10.2 Å². The maximum absolute atomic E-state index is 14.0. The number of ketones is 3. The predicted molar refractivity (Wildman–Crippen MR) is 129 cm³/mol. The van der Waals surface area contributed by atoms with E-state index in [1.54, 1.807) is 36.4 Å². The van der Waals surface area contributed by atoms with Gasteiger partial charge in [0.15, 0.2) is 11.6 Å². The summed E-state index contributed by atoms with van der Waals surface area (Å²) >= 11 is 0. The smallest absolute Gasteiger partial charge is 0.210 e. The molecule has 3 aliphatic rings. The molecule has 0 bridgehead atoms. The molecule has 1 atom stereocenters. The number of rotatable bonds is 3. The van der Waals surface area contributed by atoms with Gasteiger partial charge in [-0.2, -0.15) is 0 Å². The van der Waals surface area contributed by atoms with E-state index in [2.05, 4.69) is 5.32 Å².